The zero-order valence-corrected chi connectivity index (χ0v) is 13.7. The van der Waals surface area contributed by atoms with E-state index in [0.717, 1.165) is 12.1 Å². The fourth-order valence-corrected chi connectivity index (χ4v) is 4.22. The molecule has 0 radical (unpaired) electrons. The van der Waals surface area contributed by atoms with Crippen LogP contribution in [0.4, 0.5) is 18.9 Å². The number of carbonyl (C=O) groups excluding carboxylic acids is 1. The number of amides is 1. The van der Waals surface area contributed by atoms with E-state index >= 15 is 0 Å². The molecule has 0 unspecified atom stereocenters. The predicted octanol–water partition coefficient (Wildman–Crippen LogP) is 1.64. The normalized spacial score (nSPS) is 20.1. The second-order valence-corrected chi connectivity index (χ2v) is 7.82. The molecular formula is C14H17F3N2O4S. The van der Waals surface area contributed by atoms with Crippen molar-refractivity contribution >= 4 is 21.4 Å². The highest BCUT2D eigenvalue weighted by Crippen LogP contribution is 2.24. The zero-order chi connectivity index (χ0) is 18.0. The number of rotatable bonds is 5. The van der Waals surface area contributed by atoms with Crippen molar-refractivity contribution in [3.05, 3.63) is 24.3 Å². The molecule has 0 saturated carbocycles. The molecule has 0 bridgehead atoms. The first-order valence-electron chi connectivity index (χ1n) is 7.10. The van der Waals surface area contributed by atoms with Crippen LogP contribution in [0.1, 0.15) is 6.42 Å². The third-order valence-corrected chi connectivity index (χ3v) is 5.35. The molecule has 1 N–H and O–H groups in total. The number of hydrogen-bond acceptors (Lipinski definition) is 5. The molecular weight excluding hydrogens is 349 g/mol. The number of anilines is 1. The van der Waals surface area contributed by atoms with E-state index in [1.807, 2.05) is 0 Å². The molecule has 0 aromatic heterocycles. The van der Waals surface area contributed by atoms with E-state index < -0.39 is 16.2 Å². The van der Waals surface area contributed by atoms with E-state index in [9.17, 15) is 26.4 Å². The Balaban J connectivity index is 1.86. The van der Waals surface area contributed by atoms with Crippen molar-refractivity contribution in [2.75, 3.05) is 30.4 Å². The predicted molar refractivity (Wildman–Crippen MR) is 81.4 cm³/mol. The lowest BCUT2D eigenvalue weighted by Gasteiger charge is -2.22. The van der Waals surface area contributed by atoms with Crippen molar-refractivity contribution in [3.8, 4) is 5.75 Å². The molecule has 10 heteroatoms. The Morgan fingerprint density at radius 1 is 1.33 bits per heavy atom. The number of carbonyl (C=O) groups is 1. The number of alkyl halides is 3. The molecule has 134 valence electrons. The van der Waals surface area contributed by atoms with Gasteiger partial charge in [-0.05, 0) is 37.7 Å². The van der Waals surface area contributed by atoms with Gasteiger partial charge < -0.3 is 10.1 Å². The quantitative estimate of drug-likeness (QED) is 0.858. The fraction of sp³-hybridized carbons (Fsp3) is 0.500. The molecule has 1 atom stereocenters. The minimum absolute atomic E-state index is 0.0129. The minimum atomic E-state index is -4.77. The largest absolute Gasteiger partial charge is 0.573 e. The second kappa shape index (κ2) is 6.98. The molecule has 1 aliphatic rings. The van der Waals surface area contributed by atoms with Crippen LogP contribution in [0, 0.1) is 0 Å². The number of nitrogens with zero attached hydrogens (tertiary/aromatic N) is 1. The van der Waals surface area contributed by atoms with Crippen LogP contribution in [0.3, 0.4) is 0 Å². The van der Waals surface area contributed by atoms with Gasteiger partial charge in [0.25, 0.3) is 0 Å². The van der Waals surface area contributed by atoms with E-state index in [-0.39, 0.29) is 35.7 Å². The molecule has 1 saturated heterocycles. The van der Waals surface area contributed by atoms with Crippen LogP contribution >= 0.6 is 0 Å². The second-order valence-electron chi connectivity index (χ2n) is 5.59. The molecule has 24 heavy (non-hydrogen) atoms. The molecule has 6 nitrogen and oxygen atoms in total. The maximum atomic E-state index is 12.1. The summed E-state index contributed by atoms with van der Waals surface area (Å²) in [5.41, 5.74) is 0.321. The third-order valence-electron chi connectivity index (χ3n) is 3.60. The highest BCUT2D eigenvalue weighted by molar-refractivity contribution is 7.91. The van der Waals surface area contributed by atoms with Gasteiger partial charge in [0.1, 0.15) is 5.75 Å². The Labute approximate surface area is 137 Å². The maximum Gasteiger partial charge on any atom is 0.573 e. The van der Waals surface area contributed by atoms with Gasteiger partial charge in [0.15, 0.2) is 9.84 Å². The molecule has 1 aliphatic heterocycles. The van der Waals surface area contributed by atoms with E-state index in [1.165, 1.54) is 12.1 Å². The lowest BCUT2D eigenvalue weighted by Crippen LogP contribution is -2.38. The molecule has 2 rings (SSSR count). The summed E-state index contributed by atoms with van der Waals surface area (Å²) in [6.45, 7) is -0.0129. The standard InChI is InChI=1S/C14H17F3N2O4S/c1-19(11-6-7-24(21,22)9-11)8-13(20)18-10-2-4-12(5-3-10)23-14(15,16)17/h2-5,11H,6-9H2,1H3,(H,18,20)/t11-/m1/s1. The monoisotopic (exact) mass is 366 g/mol. The number of ether oxygens (including phenoxy) is 1. The Bertz CT molecular complexity index is 689. The van der Waals surface area contributed by atoms with Crippen LogP contribution in [0.2, 0.25) is 0 Å². The summed E-state index contributed by atoms with van der Waals surface area (Å²) in [5, 5.41) is 2.54. The summed E-state index contributed by atoms with van der Waals surface area (Å²) < 4.78 is 62.8. The van der Waals surface area contributed by atoms with Crippen LogP contribution < -0.4 is 10.1 Å². The van der Waals surface area contributed by atoms with Gasteiger partial charge in [-0.15, -0.1) is 13.2 Å². The van der Waals surface area contributed by atoms with Crippen molar-refractivity contribution in [2.45, 2.75) is 18.8 Å². The maximum absolute atomic E-state index is 12.1. The Morgan fingerprint density at radius 2 is 1.96 bits per heavy atom. The number of nitrogens with one attached hydrogen (secondary N) is 1. The van der Waals surface area contributed by atoms with Crippen LogP contribution in [-0.2, 0) is 14.6 Å². The van der Waals surface area contributed by atoms with E-state index in [4.69, 9.17) is 0 Å². The van der Waals surface area contributed by atoms with E-state index in [2.05, 4.69) is 10.1 Å². The Morgan fingerprint density at radius 3 is 2.46 bits per heavy atom. The number of halogens is 3. The summed E-state index contributed by atoms with van der Waals surface area (Å²) in [6, 6.07) is 4.56. The summed E-state index contributed by atoms with van der Waals surface area (Å²) in [6.07, 6.45) is -4.29. The van der Waals surface area contributed by atoms with E-state index in [1.54, 1.807) is 11.9 Å². The van der Waals surface area contributed by atoms with Gasteiger partial charge >= 0.3 is 6.36 Å². The first-order valence-corrected chi connectivity index (χ1v) is 8.92. The van der Waals surface area contributed by atoms with Crippen molar-refractivity contribution < 1.29 is 31.1 Å². The lowest BCUT2D eigenvalue weighted by molar-refractivity contribution is -0.274. The van der Waals surface area contributed by atoms with Gasteiger partial charge in [-0.1, -0.05) is 0 Å². The highest BCUT2D eigenvalue weighted by Gasteiger charge is 2.32. The zero-order valence-electron chi connectivity index (χ0n) is 12.8. The average molecular weight is 366 g/mol. The van der Waals surface area contributed by atoms with Crippen LogP contribution in [0.25, 0.3) is 0 Å². The lowest BCUT2D eigenvalue weighted by atomic mass is 10.2. The minimum Gasteiger partial charge on any atom is -0.406 e. The van der Waals surface area contributed by atoms with Crippen molar-refractivity contribution in [1.29, 1.82) is 0 Å². The topological polar surface area (TPSA) is 75.7 Å². The summed E-state index contributed by atoms with van der Waals surface area (Å²) in [7, 11) is -1.38. The van der Waals surface area contributed by atoms with Crippen molar-refractivity contribution in [1.82, 2.24) is 4.90 Å². The average Bonchev–Trinajstić information content (AvgIpc) is 2.80. The molecule has 1 amide bonds. The summed E-state index contributed by atoms with van der Waals surface area (Å²) in [5.74, 6) is -0.620. The first kappa shape index (κ1) is 18.5. The first-order chi connectivity index (χ1) is 11.0. The van der Waals surface area contributed by atoms with Gasteiger partial charge in [0, 0.05) is 11.7 Å². The van der Waals surface area contributed by atoms with Gasteiger partial charge in [-0.2, -0.15) is 0 Å². The number of benzene rings is 1. The highest BCUT2D eigenvalue weighted by atomic mass is 32.2. The smallest absolute Gasteiger partial charge is 0.406 e. The number of sulfone groups is 1. The molecule has 1 aromatic carbocycles. The number of likely N-dealkylation sites (N-methyl/N-ethyl adjacent to an activating group) is 1. The van der Waals surface area contributed by atoms with Gasteiger partial charge in [0.2, 0.25) is 5.91 Å². The molecule has 1 heterocycles. The van der Waals surface area contributed by atoms with Crippen molar-refractivity contribution in [3.63, 3.8) is 0 Å². The Hall–Kier alpha value is -1.81. The molecule has 1 aromatic rings. The molecule has 0 aliphatic carbocycles. The van der Waals surface area contributed by atoms with Crippen LogP contribution in [0.15, 0.2) is 24.3 Å². The third kappa shape index (κ3) is 5.68. The summed E-state index contributed by atoms with van der Waals surface area (Å²) >= 11 is 0. The van der Waals surface area contributed by atoms with Crippen LogP contribution in [-0.4, -0.2) is 56.7 Å². The van der Waals surface area contributed by atoms with Crippen LogP contribution in [0.5, 0.6) is 5.75 Å². The van der Waals surface area contributed by atoms with Gasteiger partial charge in [-0.3, -0.25) is 9.69 Å². The van der Waals surface area contributed by atoms with Gasteiger partial charge in [-0.25, -0.2) is 8.42 Å². The van der Waals surface area contributed by atoms with Crippen molar-refractivity contribution in [2.24, 2.45) is 0 Å². The molecule has 1 fully saturated rings. The Kier molecular flexibility index (Phi) is 5.38. The fourth-order valence-electron chi connectivity index (χ4n) is 2.42. The van der Waals surface area contributed by atoms with E-state index in [0.29, 0.717) is 12.1 Å². The SMILES string of the molecule is CN(CC(=O)Nc1ccc(OC(F)(F)F)cc1)[C@@H]1CCS(=O)(=O)C1. The summed E-state index contributed by atoms with van der Waals surface area (Å²) in [4.78, 5) is 13.6. The molecule has 0 spiro atoms. The number of hydrogen-bond donors (Lipinski definition) is 1. The van der Waals surface area contributed by atoms with Gasteiger partial charge in [0.05, 0.1) is 18.1 Å².